The topological polar surface area (TPSA) is 252 Å². The van der Waals surface area contributed by atoms with Gasteiger partial charge in [-0.25, -0.2) is 24.0 Å². The molecule has 0 aliphatic heterocycles. The third kappa shape index (κ3) is 25.9. The summed E-state index contributed by atoms with van der Waals surface area (Å²) in [6.45, 7) is 9.05. The number of aliphatic hydroxyl groups is 4. The summed E-state index contributed by atoms with van der Waals surface area (Å²) in [6, 6.07) is 4.88. The van der Waals surface area contributed by atoms with Crippen molar-refractivity contribution in [3.05, 3.63) is 61.7 Å². The molecule has 0 unspecified atom stereocenters. The highest BCUT2D eigenvalue weighted by Crippen LogP contribution is 2.23. The number of aryl methyl sites for hydroxylation is 1. The molecule has 14 nitrogen and oxygen atoms in total. The van der Waals surface area contributed by atoms with E-state index in [1.807, 2.05) is 0 Å². The van der Waals surface area contributed by atoms with Crippen molar-refractivity contribution >= 4 is 41.4 Å². The van der Waals surface area contributed by atoms with Crippen molar-refractivity contribution in [2.24, 2.45) is 15.4 Å². The Morgan fingerprint density at radius 3 is 1.32 bits per heavy atom. The molecule has 0 aliphatic rings. The molecule has 14 heteroatoms. The number of carboxylic acids is 3. The molecule has 1 aromatic rings. The van der Waals surface area contributed by atoms with E-state index in [-0.39, 0.29) is 0 Å². The standard InChI is InChI=1S/C9H6N2O2.C5H12O4.3C3H4O2/c1-7-2-3-8(10-5-12)4-9(7)11-6-13;6-1-5(2-7,3-8)4-9;3*1-2-3(4)5/h2-4H,1H3;6-9H,1-4H2;3*2H,1H2,(H,4,5). The summed E-state index contributed by atoms with van der Waals surface area (Å²) in [7, 11) is 0. The van der Waals surface area contributed by atoms with Crippen molar-refractivity contribution < 1.29 is 59.7 Å². The molecular weight excluding hydrogens is 496 g/mol. The van der Waals surface area contributed by atoms with Gasteiger partial charge in [-0.3, -0.25) is 0 Å². The number of aliphatic imine (C=N–C) groups is 2. The number of hydrogen-bond acceptors (Lipinski definition) is 11. The van der Waals surface area contributed by atoms with Gasteiger partial charge >= 0.3 is 17.9 Å². The van der Waals surface area contributed by atoms with E-state index in [1.54, 1.807) is 19.1 Å². The van der Waals surface area contributed by atoms with E-state index in [0.29, 0.717) is 11.4 Å². The summed E-state index contributed by atoms with van der Waals surface area (Å²) >= 11 is 0. The number of isocyanates is 2. The molecule has 0 saturated heterocycles. The van der Waals surface area contributed by atoms with Gasteiger partial charge in [-0.15, -0.1) is 0 Å². The van der Waals surface area contributed by atoms with Crippen molar-refractivity contribution in [3.63, 3.8) is 0 Å². The normalized spacial score (nSPS) is 8.46. The molecule has 0 radical (unpaired) electrons. The highest BCUT2D eigenvalue weighted by Gasteiger charge is 2.26. The predicted octanol–water partition coefficient (Wildman–Crippen LogP) is 0.643. The Kier molecular flexibility index (Phi) is 27.9. The van der Waals surface area contributed by atoms with Crippen LogP contribution in [-0.4, -0.2) is 92.2 Å². The van der Waals surface area contributed by atoms with Crippen molar-refractivity contribution in [3.8, 4) is 0 Å². The average molecular weight is 526 g/mol. The van der Waals surface area contributed by atoms with E-state index in [4.69, 9.17) is 35.7 Å². The lowest BCUT2D eigenvalue weighted by molar-refractivity contribution is -0.132. The lowest BCUT2D eigenvalue weighted by Crippen LogP contribution is -2.37. The number of nitrogens with zero attached hydrogens (tertiary/aromatic N) is 2. The quantitative estimate of drug-likeness (QED) is 0.133. The van der Waals surface area contributed by atoms with Crippen LogP contribution in [0.3, 0.4) is 0 Å². The van der Waals surface area contributed by atoms with Crippen LogP contribution in [0.4, 0.5) is 11.4 Å². The molecule has 0 amide bonds. The van der Waals surface area contributed by atoms with Gasteiger partial charge < -0.3 is 35.7 Å². The van der Waals surface area contributed by atoms with Crippen LogP contribution < -0.4 is 0 Å². The molecule has 0 heterocycles. The fourth-order valence-electron chi connectivity index (χ4n) is 1.19. The minimum atomic E-state index is -1.11. The molecular formula is C23H30N2O12. The summed E-state index contributed by atoms with van der Waals surface area (Å²) in [5, 5.41) is 56.8. The van der Waals surface area contributed by atoms with Gasteiger partial charge in [-0.05, 0) is 24.6 Å². The first kappa shape index (κ1) is 39.7. The van der Waals surface area contributed by atoms with Gasteiger partial charge in [-0.1, -0.05) is 25.8 Å². The third-order valence-electron chi connectivity index (χ3n) is 3.40. The molecule has 0 bridgehead atoms. The van der Waals surface area contributed by atoms with E-state index in [0.717, 1.165) is 23.8 Å². The lowest BCUT2D eigenvalue weighted by Gasteiger charge is -2.23. The van der Waals surface area contributed by atoms with Crippen LogP contribution in [0.5, 0.6) is 0 Å². The Morgan fingerprint density at radius 2 is 1.11 bits per heavy atom. The van der Waals surface area contributed by atoms with Crippen LogP contribution in [0.25, 0.3) is 0 Å². The van der Waals surface area contributed by atoms with Crippen molar-refractivity contribution in [2.75, 3.05) is 26.4 Å². The maximum absolute atomic E-state index is 10.00. The maximum Gasteiger partial charge on any atom is 0.327 e. The van der Waals surface area contributed by atoms with Crippen LogP contribution in [0, 0.1) is 12.3 Å². The molecule has 204 valence electrons. The summed E-state index contributed by atoms with van der Waals surface area (Å²) in [4.78, 5) is 54.5. The third-order valence-corrected chi connectivity index (χ3v) is 3.40. The smallest absolute Gasteiger partial charge is 0.327 e. The molecule has 37 heavy (non-hydrogen) atoms. The largest absolute Gasteiger partial charge is 0.478 e. The van der Waals surface area contributed by atoms with E-state index in [1.165, 1.54) is 18.2 Å². The number of hydrogen-bond donors (Lipinski definition) is 7. The Balaban J connectivity index is -0.000000198. The number of carboxylic acid groups (broad SMARTS) is 3. The molecule has 0 saturated carbocycles. The molecule has 0 aliphatic carbocycles. The second kappa shape index (κ2) is 26.1. The van der Waals surface area contributed by atoms with E-state index < -0.39 is 49.8 Å². The fraction of sp³-hybridized carbons (Fsp3) is 0.261. The summed E-state index contributed by atoms with van der Waals surface area (Å²) in [5.74, 6) is -2.94. The molecule has 0 atom stereocenters. The lowest BCUT2D eigenvalue weighted by atomic mass is 9.93. The minimum absolute atomic E-state index is 0.406. The van der Waals surface area contributed by atoms with Crippen LogP contribution in [0.1, 0.15) is 5.56 Å². The Labute approximate surface area is 212 Å². The van der Waals surface area contributed by atoms with Gasteiger partial charge in [0.15, 0.2) is 0 Å². The molecule has 0 aromatic heterocycles. The number of aliphatic hydroxyl groups excluding tert-OH is 4. The molecule has 1 rings (SSSR count). The van der Waals surface area contributed by atoms with Crippen LogP contribution in [-0.2, 0) is 24.0 Å². The summed E-state index contributed by atoms with van der Waals surface area (Å²) in [6.07, 6.45) is 5.34. The number of rotatable bonds is 9. The first-order chi connectivity index (χ1) is 17.3. The Bertz CT molecular complexity index is 898. The zero-order chi connectivity index (χ0) is 29.9. The van der Waals surface area contributed by atoms with Crippen molar-refractivity contribution in [1.29, 1.82) is 0 Å². The predicted molar refractivity (Wildman–Crippen MR) is 131 cm³/mol. The number of carbonyl (C=O) groups excluding carboxylic acids is 2. The fourth-order valence-corrected chi connectivity index (χ4v) is 1.19. The second-order valence-electron chi connectivity index (χ2n) is 6.14. The second-order valence-corrected chi connectivity index (χ2v) is 6.14. The van der Waals surface area contributed by atoms with Crippen molar-refractivity contribution in [1.82, 2.24) is 0 Å². The van der Waals surface area contributed by atoms with E-state index in [2.05, 4.69) is 29.7 Å². The monoisotopic (exact) mass is 526 g/mol. The Hall–Kier alpha value is -4.55. The van der Waals surface area contributed by atoms with E-state index >= 15 is 0 Å². The number of aliphatic carboxylic acids is 3. The van der Waals surface area contributed by atoms with Crippen LogP contribution in [0.15, 0.2) is 66.1 Å². The van der Waals surface area contributed by atoms with Gasteiger partial charge in [0.2, 0.25) is 12.2 Å². The highest BCUT2D eigenvalue weighted by molar-refractivity contribution is 5.79. The highest BCUT2D eigenvalue weighted by atomic mass is 16.4. The van der Waals surface area contributed by atoms with Gasteiger partial charge in [0, 0.05) is 18.2 Å². The molecule has 0 fully saturated rings. The van der Waals surface area contributed by atoms with Crippen LogP contribution >= 0.6 is 0 Å². The summed E-state index contributed by atoms with van der Waals surface area (Å²) in [5.41, 5.74) is 0.606. The zero-order valence-electron chi connectivity index (χ0n) is 20.0. The zero-order valence-corrected chi connectivity index (χ0v) is 20.0. The number of benzene rings is 1. The van der Waals surface area contributed by atoms with E-state index in [9.17, 15) is 24.0 Å². The SMILES string of the molecule is C=CC(=O)O.C=CC(=O)O.C=CC(=O)O.Cc1ccc(N=C=O)cc1N=C=O.OCC(CO)(CO)CO. The van der Waals surface area contributed by atoms with Gasteiger partial charge in [-0.2, -0.15) is 9.98 Å². The average Bonchev–Trinajstić information content (AvgIpc) is 2.89. The van der Waals surface area contributed by atoms with Crippen molar-refractivity contribution in [2.45, 2.75) is 6.92 Å². The molecule has 0 spiro atoms. The first-order valence-corrected chi connectivity index (χ1v) is 9.59. The van der Waals surface area contributed by atoms with Gasteiger partial charge in [0.25, 0.3) is 0 Å². The minimum Gasteiger partial charge on any atom is -0.478 e. The Morgan fingerprint density at radius 1 is 0.784 bits per heavy atom. The molecule has 1 aromatic carbocycles. The summed E-state index contributed by atoms with van der Waals surface area (Å²) < 4.78 is 0. The first-order valence-electron chi connectivity index (χ1n) is 9.59. The maximum atomic E-state index is 10.00. The molecule has 7 N–H and O–H groups in total. The van der Waals surface area contributed by atoms with Gasteiger partial charge in [0.05, 0.1) is 43.2 Å². The van der Waals surface area contributed by atoms with Gasteiger partial charge in [0.1, 0.15) is 0 Å². The number of carbonyl (C=O) groups is 3. The van der Waals surface area contributed by atoms with Crippen LogP contribution in [0.2, 0.25) is 0 Å².